The van der Waals surface area contributed by atoms with Crippen molar-refractivity contribution in [1.29, 1.82) is 0 Å². The molecule has 0 aromatic heterocycles. The van der Waals surface area contributed by atoms with Crippen molar-refractivity contribution < 1.29 is 20.1 Å². The van der Waals surface area contributed by atoms with Gasteiger partial charge in [-0.1, -0.05) is 70.4 Å². The first-order chi connectivity index (χ1) is 12.6. The van der Waals surface area contributed by atoms with Gasteiger partial charge in [-0.05, 0) is 24.3 Å². The van der Waals surface area contributed by atoms with Gasteiger partial charge in [-0.3, -0.25) is 4.79 Å². The van der Waals surface area contributed by atoms with Crippen LogP contribution in [0.1, 0.15) is 58.4 Å². The molecule has 1 saturated carbocycles. The Kier molecular flexibility index (Phi) is 4.87. The van der Waals surface area contributed by atoms with E-state index in [0.717, 1.165) is 37.7 Å². The second kappa shape index (κ2) is 6.74. The molecule has 0 unspecified atom stereocenters. The van der Waals surface area contributed by atoms with Gasteiger partial charge in [-0.2, -0.15) is 0 Å². The zero-order chi connectivity index (χ0) is 19.9. The molecule has 0 spiro atoms. The average molecular weight is 370 g/mol. The zero-order valence-corrected chi connectivity index (χ0v) is 16.4. The zero-order valence-electron chi connectivity index (χ0n) is 16.4. The maximum absolute atomic E-state index is 11.5. The van der Waals surface area contributed by atoms with E-state index in [1.165, 1.54) is 6.07 Å². The summed E-state index contributed by atoms with van der Waals surface area (Å²) < 4.78 is 0. The normalized spacial score (nSPS) is 27.4. The highest BCUT2D eigenvalue weighted by Gasteiger charge is 2.57. The fraction of sp³-hybridized carbons (Fsp3) is 0.522. The molecule has 0 saturated heterocycles. The Labute approximate surface area is 161 Å². The molecule has 0 aliphatic heterocycles. The first kappa shape index (κ1) is 19.5. The summed E-state index contributed by atoms with van der Waals surface area (Å²) >= 11 is 0. The van der Waals surface area contributed by atoms with E-state index < -0.39 is 17.3 Å². The van der Waals surface area contributed by atoms with Crippen molar-refractivity contribution >= 4 is 5.97 Å². The third-order valence-electron chi connectivity index (χ3n) is 6.65. The Morgan fingerprint density at radius 3 is 2.11 bits per heavy atom. The fourth-order valence-corrected chi connectivity index (χ4v) is 5.32. The van der Waals surface area contributed by atoms with Gasteiger partial charge in [0.05, 0.1) is 5.92 Å². The van der Waals surface area contributed by atoms with Crippen molar-refractivity contribution in [3.63, 3.8) is 0 Å². The molecule has 0 bridgehead atoms. The van der Waals surface area contributed by atoms with Crippen molar-refractivity contribution in [1.82, 2.24) is 0 Å². The van der Waals surface area contributed by atoms with E-state index in [1.807, 2.05) is 6.07 Å². The molecule has 0 atom stereocenters. The molecule has 0 radical (unpaired) electrons. The lowest BCUT2D eigenvalue weighted by molar-refractivity contribution is -0.138. The van der Waals surface area contributed by atoms with Crippen LogP contribution in [0.3, 0.4) is 0 Å². The minimum Gasteiger partial charge on any atom is -0.508 e. The van der Waals surface area contributed by atoms with Gasteiger partial charge < -0.3 is 15.3 Å². The summed E-state index contributed by atoms with van der Waals surface area (Å²) in [7, 11) is 0. The van der Waals surface area contributed by atoms with E-state index in [2.05, 4.69) is 32.9 Å². The molecule has 4 heteroatoms. The quantitative estimate of drug-likeness (QED) is 0.642. The lowest BCUT2D eigenvalue weighted by Crippen LogP contribution is -2.53. The Bertz CT molecular complexity index is 762. The number of carboxylic acids is 1. The molecule has 3 rings (SSSR count). The van der Waals surface area contributed by atoms with Crippen molar-refractivity contribution in [3.8, 4) is 11.5 Å². The minimum absolute atomic E-state index is 0.0488. The van der Waals surface area contributed by atoms with E-state index in [9.17, 15) is 20.1 Å². The third kappa shape index (κ3) is 3.05. The average Bonchev–Trinajstić information content (AvgIpc) is 2.61. The summed E-state index contributed by atoms with van der Waals surface area (Å²) in [6.45, 7) is 6.53. The number of aromatic hydroxyl groups is 2. The topological polar surface area (TPSA) is 77.8 Å². The van der Waals surface area contributed by atoms with Gasteiger partial charge in [0.1, 0.15) is 11.5 Å². The highest BCUT2D eigenvalue weighted by Crippen LogP contribution is 2.63. The number of rotatable bonds is 3. The van der Waals surface area contributed by atoms with Gasteiger partial charge in [0, 0.05) is 22.5 Å². The maximum atomic E-state index is 11.5. The number of benzene rings is 1. The van der Waals surface area contributed by atoms with E-state index in [0.29, 0.717) is 0 Å². The molecule has 2 aliphatic rings. The molecule has 3 N–H and O–H groups in total. The van der Waals surface area contributed by atoms with E-state index >= 15 is 0 Å². The molecule has 1 aromatic carbocycles. The van der Waals surface area contributed by atoms with E-state index in [-0.39, 0.29) is 22.3 Å². The van der Waals surface area contributed by atoms with Crippen LogP contribution >= 0.6 is 0 Å². The number of carbonyl (C=O) groups is 1. The fourth-order valence-electron chi connectivity index (χ4n) is 5.32. The molecule has 1 fully saturated rings. The number of aliphatic carboxylic acids is 1. The molecular weight excluding hydrogens is 340 g/mol. The summed E-state index contributed by atoms with van der Waals surface area (Å²) in [5.41, 5.74) is -0.123. The molecule has 2 aliphatic carbocycles. The highest BCUT2D eigenvalue weighted by atomic mass is 16.4. The Balaban J connectivity index is 2.24. The van der Waals surface area contributed by atoms with Crippen LogP contribution in [0.2, 0.25) is 0 Å². The first-order valence-corrected chi connectivity index (χ1v) is 9.77. The van der Waals surface area contributed by atoms with Gasteiger partial charge >= 0.3 is 5.97 Å². The number of carboxylic acid groups (broad SMARTS) is 1. The van der Waals surface area contributed by atoms with E-state index in [1.54, 1.807) is 18.2 Å². The summed E-state index contributed by atoms with van der Waals surface area (Å²) in [5.74, 6) is -1.31. The predicted molar refractivity (Wildman–Crippen MR) is 106 cm³/mol. The molecular formula is C23H30O4. The van der Waals surface area contributed by atoms with Crippen LogP contribution in [0.15, 0.2) is 42.5 Å². The Morgan fingerprint density at radius 2 is 1.63 bits per heavy atom. The number of allylic oxidation sites excluding steroid dienone is 2. The summed E-state index contributed by atoms with van der Waals surface area (Å²) in [4.78, 5) is 11.5. The number of hydrogen-bond donors (Lipinski definition) is 3. The Morgan fingerprint density at radius 1 is 1.04 bits per heavy atom. The summed E-state index contributed by atoms with van der Waals surface area (Å²) in [5, 5.41) is 30.0. The molecule has 146 valence electrons. The van der Waals surface area contributed by atoms with Crippen LogP contribution in [0.5, 0.6) is 11.5 Å². The minimum atomic E-state index is -0.852. The van der Waals surface area contributed by atoms with E-state index in [4.69, 9.17) is 0 Å². The summed E-state index contributed by atoms with van der Waals surface area (Å²) in [6.07, 6.45) is 12.8. The van der Waals surface area contributed by atoms with Crippen molar-refractivity contribution in [2.24, 2.45) is 16.7 Å². The molecule has 4 nitrogen and oxygen atoms in total. The SMILES string of the molecule is CC(C)(C)C1(C2(c3ccc(O)cc3O)CCCCC2)C=CC(C(=O)O)C=C1. The number of hydrogen-bond acceptors (Lipinski definition) is 3. The van der Waals surface area contributed by atoms with Crippen LogP contribution in [-0.4, -0.2) is 21.3 Å². The van der Waals surface area contributed by atoms with Crippen molar-refractivity contribution in [3.05, 3.63) is 48.1 Å². The van der Waals surface area contributed by atoms with Crippen molar-refractivity contribution in [2.75, 3.05) is 0 Å². The van der Waals surface area contributed by atoms with Gasteiger partial charge in [-0.15, -0.1) is 0 Å². The monoisotopic (exact) mass is 370 g/mol. The van der Waals surface area contributed by atoms with Gasteiger partial charge in [0.2, 0.25) is 0 Å². The van der Waals surface area contributed by atoms with Crippen molar-refractivity contribution in [2.45, 2.75) is 58.3 Å². The number of phenols is 2. The van der Waals surface area contributed by atoms with Gasteiger partial charge in [0.25, 0.3) is 0 Å². The molecule has 27 heavy (non-hydrogen) atoms. The lowest BCUT2D eigenvalue weighted by Gasteiger charge is -2.58. The predicted octanol–water partition coefficient (Wildman–Crippen LogP) is 5.16. The second-order valence-corrected chi connectivity index (χ2v) is 9.05. The Hall–Kier alpha value is -2.23. The van der Waals surface area contributed by atoms with Crippen LogP contribution in [0.25, 0.3) is 0 Å². The molecule has 0 heterocycles. The standard InChI is InChI=1S/C23H30O4/c1-21(2,3)23(13-9-16(10-14-23)20(26)27)22(11-5-4-6-12-22)18-8-7-17(24)15-19(18)25/h7-10,13-16,24-25H,4-6,11-12H2,1-3H3,(H,26,27). The summed E-state index contributed by atoms with van der Waals surface area (Å²) in [6, 6.07) is 4.89. The maximum Gasteiger partial charge on any atom is 0.314 e. The van der Waals surface area contributed by atoms with Gasteiger partial charge in [0.15, 0.2) is 0 Å². The van der Waals surface area contributed by atoms with Crippen LogP contribution < -0.4 is 0 Å². The van der Waals surface area contributed by atoms with Crippen LogP contribution in [0, 0.1) is 16.7 Å². The lowest BCUT2D eigenvalue weighted by atomic mass is 9.45. The number of phenolic OH excluding ortho intramolecular Hbond substituents is 2. The molecule has 1 aromatic rings. The first-order valence-electron chi connectivity index (χ1n) is 9.77. The highest BCUT2D eigenvalue weighted by molar-refractivity contribution is 5.75. The van der Waals surface area contributed by atoms with Crippen LogP contribution in [0.4, 0.5) is 0 Å². The third-order valence-corrected chi connectivity index (χ3v) is 6.65. The smallest absolute Gasteiger partial charge is 0.314 e. The van der Waals surface area contributed by atoms with Gasteiger partial charge in [-0.25, -0.2) is 0 Å². The molecule has 0 amide bonds. The second-order valence-electron chi connectivity index (χ2n) is 9.05. The largest absolute Gasteiger partial charge is 0.508 e. The van der Waals surface area contributed by atoms with Crippen LogP contribution in [-0.2, 0) is 10.2 Å².